The Hall–Kier alpha value is -2.06. The highest BCUT2D eigenvalue weighted by molar-refractivity contribution is 7.47. The number of aliphatic hydroxyl groups excluding tert-OH is 1. The first-order chi connectivity index (χ1) is 28.4. The second kappa shape index (κ2) is 44.5. The fourth-order valence-electron chi connectivity index (χ4n) is 6.51. The summed E-state index contributed by atoms with van der Waals surface area (Å²) < 4.78 is 22.2. The normalized spacial score (nSPS) is 14.6. The number of carbonyl (C=O) groups excluding carboxylic acids is 1. The van der Waals surface area contributed by atoms with Crippen molar-refractivity contribution in [2.45, 2.75) is 212 Å². The van der Waals surface area contributed by atoms with Gasteiger partial charge in [-0.15, -0.1) is 0 Å². The van der Waals surface area contributed by atoms with Gasteiger partial charge in [-0.3, -0.25) is 13.8 Å². The first-order valence-corrected chi connectivity index (χ1v) is 25.1. The van der Waals surface area contributed by atoms with E-state index in [0.29, 0.717) is 6.42 Å². The number of phosphoric acid groups is 1. The first kappa shape index (κ1) is 55.9. The van der Waals surface area contributed by atoms with Gasteiger partial charge in [0, 0.05) is 13.0 Å². The predicted octanol–water partition coefficient (Wildman–Crippen LogP) is 13.6. The van der Waals surface area contributed by atoms with Crippen LogP contribution in [0, 0.1) is 0 Å². The van der Waals surface area contributed by atoms with E-state index in [1.807, 2.05) is 6.08 Å². The Morgan fingerprint density at radius 2 is 1.00 bits per heavy atom. The number of allylic oxidation sites excluding steroid dienone is 11. The molecule has 0 fully saturated rings. The minimum absolute atomic E-state index is 0.0716. The molecule has 0 aliphatic heterocycles. The number of phosphoric ester groups is 1. The van der Waals surface area contributed by atoms with E-state index in [4.69, 9.17) is 14.8 Å². The van der Waals surface area contributed by atoms with E-state index in [-0.39, 0.29) is 25.7 Å². The van der Waals surface area contributed by atoms with Crippen molar-refractivity contribution in [1.29, 1.82) is 0 Å². The maximum Gasteiger partial charge on any atom is 0.472 e. The summed E-state index contributed by atoms with van der Waals surface area (Å²) in [6.07, 6.45) is 58.1. The molecule has 0 spiro atoms. The number of nitrogens with one attached hydrogen (secondary N) is 1. The van der Waals surface area contributed by atoms with E-state index < -0.39 is 20.0 Å². The van der Waals surface area contributed by atoms with Crippen LogP contribution < -0.4 is 11.1 Å². The van der Waals surface area contributed by atoms with Crippen molar-refractivity contribution in [2.75, 3.05) is 19.8 Å². The smallest absolute Gasteiger partial charge is 0.387 e. The van der Waals surface area contributed by atoms with Crippen LogP contribution >= 0.6 is 7.82 Å². The van der Waals surface area contributed by atoms with Gasteiger partial charge in [0.2, 0.25) is 5.91 Å². The van der Waals surface area contributed by atoms with Crippen LogP contribution in [-0.2, 0) is 18.4 Å². The Bertz CT molecular complexity index is 1130. The lowest BCUT2D eigenvalue weighted by Gasteiger charge is -2.23. The van der Waals surface area contributed by atoms with Crippen molar-refractivity contribution in [3.05, 3.63) is 72.9 Å². The average Bonchev–Trinajstić information content (AvgIpc) is 3.21. The Kier molecular flexibility index (Phi) is 42.9. The van der Waals surface area contributed by atoms with E-state index >= 15 is 0 Å². The van der Waals surface area contributed by atoms with Gasteiger partial charge in [0.1, 0.15) is 0 Å². The lowest BCUT2D eigenvalue weighted by atomic mass is 10.0. The van der Waals surface area contributed by atoms with E-state index in [1.54, 1.807) is 6.08 Å². The number of rotatable bonds is 43. The molecular weight excluding hydrogens is 744 g/mol. The summed E-state index contributed by atoms with van der Waals surface area (Å²) in [5.74, 6) is -0.215. The minimum atomic E-state index is -4.35. The predicted molar refractivity (Wildman–Crippen MR) is 249 cm³/mol. The van der Waals surface area contributed by atoms with Crippen molar-refractivity contribution in [1.82, 2.24) is 5.32 Å². The topological polar surface area (TPSA) is 131 Å². The summed E-state index contributed by atoms with van der Waals surface area (Å²) in [6, 6.07) is -0.875. The van der Waals surface area contributed by atoms with Gasteiger partial charge < -0.3 is 21.1 Å². The van der Waals surface area contributed by atoms with E-state index in [0.717, 1.165) is 89.9 Å². The van der Waals surface area contributed by atoms with Gasteiger partial charge >= 0.3 is 7.82 Å². The molecule has 0 bridgehead atoms. The third-order valence-electron chi connectivity index (χ3n) is 10.0. The molecule has 0 aromatic rings. The van der Waals surface area contributed by atoms with Crippen molar-refractivity contribution >= 4 is 13.7 Å². The molecule has 5 N–H and O–H groups in total. The highest BCUT2D eigenvalue weighted by Crippen LogP contribution is 2.43. The molecule has 0 saturated heterocycles. The largest absolute Gasteiger partial charge is 0.472 e. The molecule has 0 aliphatic rings. The lowest BCUT2D eigenvalue weighted by Crippen LogP contribution is -2.45. The summed E-state index contributed by atoms with van der Waals surface area (Å²) in [7, 11) is -4.35. The van der Waals surface area contributed by atoms with E-state index in [9.17, 15) is 19.4 Å². The maximum absolute atomic E-state index is 12.8. The molecule has 0 aromatic carbocycles. The zero-order valence-electron chi connectivity index (χ0n) is 37.3. The lowest BCUT2D eigenvalue weighted by molar-refractivity contribution is -0.123. The Balaban J connectivity index is 4.23. The Labute approximate surface area is 357 Å². The monoisotopic (exact) mass is 833 g/mol. The highest BCUT2D eigenvalue weighted by atomic mass is 31.2. The molecule has 3 unspecified atom stereocenters. The number of hydrogen-bond donors (Lipinski definition) is 4. The molecule has 9 heteroatoms. The molecule has 58 heavy (non-hydrogen) atoms. The second-order valence-electron chi connectivity index (χ2n) is 15.6. The number of carbonyl (C=O) groups is 1. The molecule has 0 aliphatic carbocycles. The van der Waals surface area contributed by atoms with Gasteiger partial charge in [0.15, 0.2) is 0 Å². The van der Waals surface area contributed by atoms with Crippen molar-refractivity contribution < 1.29 is 28.4 Å². The number of amides is 1. The molecule has 0 radical (unpaired) electrons. The van der Waals surface area contributed by atoms with Crippen LogP contribution in [0.15, 0.2) is 72.9 Å². The molecule has 0 saturated carbocycles. The number of nitrogens with two attached hydrogens (primary N) is 1. The summed E-state index contributed by atoms with van der Waals surface area (Å²) >= 11 is 0. The van der Waals surface area contributed by atoms with Gasteiger partial charge in [-0.25, -0.2) is 4.57 Å². The van der Waals surface area contributed by atoms with Crippen LogP contribution in [0.25, 0.3) is 0 Å². The first-order valence-electron chi connectivity index (χ1n) is 23.6. The third kappa shape index (κ3) is 42.1. The summed E-state index contributed by atoms with van der Waals surface area (Å²) in [5, 5.41) is 13.7. The highest BCUT2D eigenvalue weighted by Gasteiger charge is 2.26. The van der Waals surface area contributed by atoms with E-state index in [1.165, 1.54) is 89.9 Å². The molecule has 1 amide bonds. The molecule has 3 atom stereocenters. The molecule has 8 nitrogen and oxygen atoms in total. The zero-order chi connectivity index (χ0) is 42.5. The van der Waals surface area contributed by atoms with Crippen LogP contribution in [0.5, 0.6) is 0 Å². The molecule has 0 heterocycles. The van der Waals surface area contributed by atoms with Crippen molar-refractivity contribution in [3.8, 4) is 0 Å². The summed E-state index contributed by atoms with van der Waals surface area (Å²) in [6.45, 7) is 4.01. The zero-order valence-corrected chi connectivity index (χ0v) is 38.2. The fourth-order valence-corrected chi connectivity index (χ4v) is 7.27. The summed E-state index contributed by atoms with van der Waals surface area (Å²) in [5.41, 5.74) is 5.38. The minimum Gasteiger partial charge on any atom is -0.387 e. The summed E-state index contributed by atoms with van der Waals surface area (Å²) in [4.78, 5) is 22.8. The van der Waals surface area contributed by atoms with Crippen LogP contribution in [0.3, 0.4) is 0 Å². The Morgan fingerprint density at radius 1 is 0.586 bits per heavy atom. The fraction of sp³-hybridized carbons (Fsp3) is 0.735. The number of hydrogen-bond acceptors (Lipinski definition) is 6. The van der Waals surface area contributed by atoms with Crippen LogP contribution in [-0.4, -0.2) is 47.8 Å². The second-order valence-corrected chi connectivity index (χ2v) is 17.0. The molecule has 0 aromatic heterocycles. The van der Waals surface area contributed by atoms with Crippen LogP contribution in [0.4, 0.5) is 0 Å². The maximum atomic E-state index is 12.8. The average molecular weight is 833 g/mol. The number of aliphatic hydroxyl groups is 1. The van der Waals surface area contributed by atoms with Crippen molar-refractivity contribution in [3.63, 3.8) is 0 Å². The standard InChI is InChI=1S/C49H89N2O6P/c1-3-5-7-9-11-13-15-17-19-21-23-24-25-27-29-31-33-35-37-39-41-43-49(53)51-47(46-57-58(54,55)56-45-44-50)48(52)42-40-38-36-34-32-30-28-26-22-20-18-16-14-12-10-8-6-4-2/h5,7,11,13,17,19,23-24,27,29,40,42,47-48,52H,3-4,6,8-10,12,14-16,18,20-22,25-26,28,30-39,41,43-46,50H2,1-2H3,(H,51,53)(H,54,55)/b7-5-,13-11-,19-17-,24-23-,29-27-,42-40+. The molecule has 336 valence electrons. The SMILES string of the molecule is CC/C=C\C/C=C\C/C=C\C/C=C\C/C=C\CCCCCCCC(=O)NC(COP(=O)(O)OCCN)C(O)/C=C/CCCCCCCCCCCCCCCCCC. The van der Waals surface area contributed by atoms with E-state index in [2.05, 4.69) is 79.9 Å². The van der Waals surface area contributed by atoms with Crippen LogP contribution in [0.1, 0.15) is 200 Å². The van der Waals surface area contributed by atoms with Crippen molar-refractivity contribution in [2.24, 2.45) is 5.73 Å². The number of unbranched alkanes of at least 4 members (excludes halogenated alkanes) is 21. The van der Waals surface area contributed by atoms with Gasteiger partial charge in [0.05, 0.1) is 25.4 Å². The molecule has 0 rings (SSSR count). The van der Waals surface area contributed by atoms with Crippen LogP contribution in [0.2, 0.25) is 0 Å². The quantitative estimate of drug-likeness (QED) is 0.0273. The molecular formula is C49H89N2O6P. The van der Waals surface area contributed by atoms with Gasteiger partial charge in [-0.1, -0.05) is 202 Å². The van der Waals surface area contributed by atoms with Gasteiger partial charge in [-0.2, -0.15) is 0 Å². The third-order valence-corrected chi connectivity index (χ3v) is 11.0. The van der Waals surface area contributed by atoms with Gasteiger partial charge in [0.25, 0.3) is 0 Å². The van der Waals surface area contributed by atoms with Gasteiger partial charge in [-0.05, 0) is 64.2 Å². The Morgan fingerprint density at radius 3 is 1.47 bits per heavy atom.